The number of rotatable bonds is 4. The fourth-order valence-electron chi connectivity index (χ4n) is 1.77. The standard InChI is InChI=1S/C14H13ClN2O2/c1-17(9-11-4-2-3-7-16-11)13-6-5-10(14(18)19)8-12(13)15/h2-8H,9H2,1H3,(H,18,19). The first-order chi connectivity index (χ1) is 9.08. The van der Waals surface area contributed by atoms with Crippen LogP contribution in [-0.2, 0) is 6.54 Å². The van der Waals surface area contributed by atoms with E-state index in [1.807, 2.05) is 30.1 Å². The van der Waals surface area contributed by atoms with E-state index in [0.29, 0.717) is 11.6 Å². The lowest BCUT2D eigenvalue weighted by molar-refractivity contribution is 0.0697. The number of carboxylic acid groups (broad SMARTS) is 1. The van der Waals surface area contributed by atoms with Gasteiger partial charge in [0.05, 0.1) is 28.5 Å². The molecular weight excluding hydrogens is 264 g/mol. The van der Waals surface area contributed by atoms with Gasteiger partial charge < -0.3 is 10.0 Å². The first-order valence-electron chi connectivity index (χ1n) is 5.72. The van der Waals surface area contributed by atoms with E-state index in [0.717, 1.165) is 11.4 Å². The summed E-state index contributed by atoms with van der Waals surface area (Å²) in [7, 11) is 1.89. The lowest BCUT2D eigenvalue weighted by atomic mass is 10.2. The molecule has 98 valence electrons. The Morgan fingerprint density at radius 1 is 1.37 bits per heavy atom. The van der Waals surface area contributed by atoms with Crippen LogP contribution >= 0.6 is 11.6 Å². The van der Waals surface area contributed by atoms with Crippen LogP contribution < -0.4 is 4.90 Å². The number of anilines is 1. The van der Waals surface area contributed by atoms with Crippen LogP contribution in [0.25, 0.3) is 0 Å². The molecule has 4 nitrogen and oxygen atoms in total. The molecule has 0 saturated carbocycles. The molecule has 1 N–H and O–H groups in total. The topological polar surface area (TPSA) is 53.4 Å². The Balaban J connectivity index is 2.20. The average Bonchev–Trinajstić information content (AvgIpc) is 2.39. The highest BCUT2D eigenvalue weighted by molar-refractivity contribution is 6.33. The molecule has 1 aromatic heterocycles. The van der Waals surface area contributed by atoms with Crippen molar-refractivity contribution in [1.29, 1.82) is 0 Å². The van der Waals surface area contributed by atoms with Crippen LogP contribution in [0.5, 0.6) is 0 Å². The minimum atomic E-state index is -0.985. The van der Waals surface area contributed by atoms with Crippen molar-refractivity contribution in [3.63, 3.8) is 0 Å². The van der Waals surface area contributed by atoms with Gasteiger partial charge in [-0.3, -0.25) is 4.98 Å². The van der Waals surface area contributed by atoms with E-state index in [4.69, 9.17) is 16.7 Å². The molecule has 2 rings (SSSR count). The Bertz CT molecular complexity index is 587. The summed E-state index contributed by atoms with van der Waals surface area (Å²) in [5.41, 5.74) is 1.88. The van der Waals surface area contributed by atoms with Crippen molar-refractivity contribution >= 4 is 23.3 Å². The molecule has 1 aromatic carbocycles. The van der Waals surface area contributed by atoms with Gasteiger partial charge in [-0.25, -0.2) is 4.79 Å². The Kier molecular flexibility index (Phi) is 4.02. The number of benzene rings is 1. The van der Waals surface area contributed by atoms with E-state index in [1.54, 1.807) is 18.3 Å². The third-order valence-electron chi connectivity index (χ3n) is 2.73. The third-order valence-corrected chi connectivity index (χ3v) is 3.03. The Morgan fingerprint density at radius 2 is 2.16 bits per heavy atom. The zero-order valence-corrected chi connectivity index (χ0v) is 11.1. The van der Waals surface area contributed by atoms with Gasteiger partial charge >= 0.3 is 5.97 Å². The van der Waals surface area contributed by atoms with Crippen molar-refractivity contribution < 1.29 is 9.90 Å². The summed E-state index contributed by atoms with van der Waals surface area (Å²) in [6, 6.07) is 10.4. The number of hydrogen-bond donors (Lipinski definition) is 1. The lowest BCUT2D eigenvalue weighted by Crippen LogP contribution is -2.17. The number of nitrogens with zero attached hydrogens (tertiary/aromatic N) is 2. The van der Waals surface area contributed by atoms with Gasteiger partial charge in [-0.2, -0.15) is 0 Å². The predicted molar refractivity (Wildman–Crippen MR) is 74.8 cm³/mol. The molecule has 1 heterocycles. The van der Waals surface area contributed by atoms with Crippen LogP contribution in [0.4, 0.5) is 5.69 Å². The maximum absolute atomic E-state index is 10.8. The van der Waals surface area contributed by atoms with E-state index in [2.05, 4.69) is 4.98 Å². The first kappa shape index (κ1) is 13.4. The maximum Gasteiger partial charge on any atom is 0.335 e. The van der Waals surface area contributed by atoms with Crippen molar-refractivity contribution in [2.75, 3.05) is 11.9 Å². The fourth-order valence-corrected chi connectivity index (χ4v) is 2.09. The van der Waals surface area contributed by atoms with E-state index < -0.39 is 5.97 Å². The van der Waals surface area contributed by atoms with E-state index >= 15 is 0 Å². The zero-order valence-electron chi connectivity index (χ0n) is 10.4. The molecule has 0 aliphatic rings. The molecule has 0 radical (unpaired) electrons. The largest absolute Gasteiger partial charge is 0.478 e. The summed E-state index contributed by atoms with van der Waals surface area (Å²) in [5.74, 6) is -0.985. The van der Waals surface area contributed by atoms with Crippen LogP contribution in [0.1, 0.15) is 16.1 Å². The Hall–Kier alpha value is -2.07. The molecule has 0 fully saturated rings. The fraction of sp³-hybridized carbons (Fsp3) is 0.143. The highest BCUT2D eigenvalue weighted by Crippen LogP contribution is 2.27. The highest BCUT2D eigenvalue weighted by Gasteiger charge is 2.10. The SMILES string of the molecule is CN(Cc1ccccn1)c1ccc(C(=O)O)cc1Cl. The number of aromatic nitrogens is 1. The number of carbonyl (C=O) groups is 1. The highest BCUT2D eigenvalue weighted by atomic mass is 35.5. The normalized spacial score (nSPS) is 10.2. The molecule has 0 atom stereocenters. The van der Waals surface area contributed by atoms with Gasteiger partial charge in [-0.1, -0.05) is 17.7 Å². The van der Waals surface area contributed by atoms with E-state index in [1.165, 1.54) is 6.07 Å². The monoisotopic (exact) mass is 276 g/mol. The summed E-state index contributed by atoms with van der Waals surface area (Å²) in [5, 5.41) is 9.31. The van der Waals surface area contributed by atoms with Crippen molar-refractivity contribution in [2.45, 2.75) is 6.54 Å². The lowest BCUT2D eigenvalue weighted by Gasteiger charge is -2.20. The molecule has 2 aromatic rings. The molecule has 0 aliphatic heterocycles. The van der Waals surface area contributed by atoms with E-state index in [-0.39, 0.29) is 5.56 Å². The first-order valence-corrected chi connectivity index (χ1v) is 6.09. The predicted octanol–water partition coefficient (Wildman–Crippen LogP) is 3.07. The molecule has 0 amide bonds. The van der Waals surface area contributed by atoms with Crippen molar-refractivity contribution in [3.8, 4) is 0 Å². The number of carboxylic acids is 1. The summed E-state index contributed by atoms with van der Waals surface area (Å²) in [6.07, 6.45) is 1.73. The molecule has 0 aliphatic carbocycles. The molecule has 0 bridgehead atoms. The minimum Gasteiger partial charge on any atom is -0.478 e. The van der Waals surface area contributed by atoms with Gasteiger partial charge in [0.2, 0.25) is 0 Å². The zero-order chi connectivity index (χ0) is 13.8. The second-order valence-corrected chi connectivity index (χ2v) is 4.56. The average molecular weight is 277 g/mol. The molecule has 0 unspecified atom stereocenters. The minimum absolute atomic E-state index is 0.181. The smallest absolute Gasteiger partial charge is 0.335 e. The Morgan fingerprint density at radius 3 is 2.74 bits per heavy atom. The molecule has 19 heavy (non-hydrogen) atoms. The molecule has 0 saturated heterocycles. The number of aromatic carboxylic acids is 1. The second kappa shape index (κ2) is 5.71. The second-order valence-electron chi connectivity index (χ2n) is 4.15. The van der Waals surface area contributed by atoms with Gasteiger partial charge in [0.15, 0.2) is 0 Å². The van der Waals surface area contributed by atoms with Crippen LogP contribution in [0.15, 0.2) is 42.6 Å². The Labute approximate surface area is 116 Å². The van der Waals surface area contributed by atoms with E-state index in [9.17, 15) is 4.79 Å². The van der Waals surface area contributed by atoms with Crippen molar-refractivity contribution in [2.24, 2.45) is 0 Å². The van der Waals surface area contributed by atoms with Gasteiger partial charge in [-0.05, 0) is 30.3 Å². The molecule has 0 spiro atoms. The summed E-state index contributed by atoms with van der Waals surface area (Å²) < 4.78 is 0. The van der Waals surface area contributed by atoms with Crippen molar-refractivity contribution in [1.82, 2.24) is 4.98 Å². The van der Waals surface area contributed by atoms with Gasteiger partial charge in [-0.15, -0.1) is 0 Å². The third kappa shape index (κ3) is 3.23. The van der Waals surface area contributed by atoms with Crippen LogP contribution in [-0.4, -0.2) is 23.1 Å². The maximum atomic E-state index is 10.8. The molecule has 5 heteroatoms. The van der Waals surface area contributed by atoms with Crippen molar-refractivity contribution in [3.05, 3.63) is 58.9 Å². The summed E-state index contributed by atoms with van der Waals surface area (Å²) >= 11 is 6.11. The van der Waals surface area contributed by atoms with Gasteiger partial charge in [0.1, 0.15) is 0 Å². The number of halogens is 1. The quantitative estimate of drug-likeness (QED) is 0.932. The number of hydrogen-bond acceptors (Lipinski definition) is 3. The van der Waals surface area contributed by atoms with Gasteiger partial charge in [0.25, 0.3) is 0 Å². The van der Waals surface area contributed by atoms with Crippen LogP contribution in [0.3, 0.4) is 0 Å². The number of pyridine rings is 1. The molecular formula is C14H13ClN2O2. The summed E-state index contributed by atoms with van der Waals surface area (Å²) in [6.45, 7) is 0.604. The van der Waals surface area contributed by atoms with Gasteiger partial charge in [0, 0.05) is 13.2 Å². The van der Waals surface area contributed by atoms with Crippen LogP contribution in [0.2, 0.25) is 5.02 Å². The van der Waals surface area contributed by atoms with Crippen LogP contribution in [0, 0.1) is 0 Å². The summed E-state index contributed by atoms with van der Waals surface area (Å²) in [4.78, 5) is 17.0.